The fourth-order valence-corrected chi connectivity index (χ4v) is 3.36. The number of para-hydroxylation sites is 1. The van der Waals surface area contributed by atoms with Gasteiger partial charge in [-0.15, -0.1) is 0 Å². The monoisotopic (exact) mass is 388 g/mol. The Hall–Kier alpha value is -3.41. The summed E-state index contributed by atoms with van der Waals surface area (Å²) in [5, 5.41) is 8.24. The van der Waals surface area contributed by atoms with Crippen molar-refractivity contribution in [2.45, 2.75) is 32.2 Å². The lowest BCUT2D eigenvalue weighted by Crippen LogP contribution is -2.25. The zero-order valence-electron chi connectivity index (χ0n) is 16.3. The van der Waals surface area contributed by atoms with Crippen molar-refractivity contribution >= 4 is 16.8 Å². The first kappa shape index (κ1) is 18.9. The lowest BCUT2D eigenvalue weighted by Gasteiger charge is -2.07. The van der Waals surface area contributed by atoms with Crippen LogP contribution in [0.1, 0.15) is 25.2 Å². The Morgan fingerprint density at radius 3 is 2.72 bits per heavy atom. The van der Waals surface area contributed by atoms with Gasteiger partial charge >= 0.3 is 0 Å². The molecule has 0 aliphatic rings. The molecule has 0 atom stereocenters. The molecular formula is C23H24N4O2. The number of benzene rings is 2. The molecule has 0 aliphatic heterocycles. The van der Waals surface area contributed by atoms with Crippen LogP contribution in [0.2, 0.25) is 0 Å². The molecule has 6 heteroatoms. The lowest BCUT2D eigenvalue weighted by atomic mass is 10.2. The lowest BCUT2D eigenvalue weighted by molar-refractivity contribution is -0.121. The third-order valence-electron chi connectivity index (χ3n) is 4.87. The van der Waals surface area contributed by atoms with Crippen LogP contribution in [0.15, 0.2) is 71.4 Å². The number of fused-ring (bicyclic) bond motifs is 1. The van der Waals surface area contributed by atoms with Crippen molar-refractivity contribution in [3.05, 3.63) is 72.8 Å². The Labute approximate surface area is 169 Å². The van der Waals surface area contributed by atoms with E-state index >= 15 is 0 Å². The highest BCUT2D eigenvalue weighted by atomic mass is 16.5. The summed E-state index contributed by atoms with van der Waals surface area (Å²) in [6, 6.07) is 20.2. The van der Waals surface area contributed by atoms with Crippen molar-refractivity contribution in [3.63, 3.8) is 0 Å². The zero-order valence-corrected chi connectivity index (χ0v) is 16.3. The summed E-state index contributed by atoms with van der Waals surface area (Å²) < 4.78 is 7.50. The summed E-state index contributed by atoms with van der Waals surface area (Å²) in [5.41, 5.74) is 2.16. The third kappa shape index (κ3) is 4.90. The molecular weight excluding hydrogens is 364 g/mol. The molecule has 0 spiro atoms. The van der Waals surface area contributed by atoms with Crippen molar-refractivity contribution < 1.29 is 9.32 Å². The molecule has 2 aromatic carbocycles. The van der Waals surface area contributed by atoms with Gasteiger partial charge in [-0.2, -0.15) is 4.98 Å². The Morgan fingerprint density at radius 1 is 1.00 bits per heavy atom. The molecule has 2 aromatic heterocycles. The first-order chi connectivity index (χ1) is 14.3. The van der Waals surface area contributed by atoms with Crippen LogP contribution in [-0.4, -0.2) is 27.2 Å². The van der Waals surface area contributed by atoms with E-state index in [0.717, 1.165) is 18.5 Å². The van der Waals surface area contributed by atoms with Crippen molar-refractivity contribution in [2.24, 2.45) is 0 Å². The van der Waals surface area contributed by atoms with E-state index in [1.807, 2.05) is 42.5 Å². The summed E-state index contributed by atoms with van der Waals surface area (Å²) in [5.74, 6) is 1.21. The van der Waals surface area contributed by atoms with Crippen LogP contribution in [0.25, 0.3) is 22.3 Å². The molecule has 6 nitrogen and oxygen atoms in total. The predicted octanol–water partition coefficient (Wildman–Crippen LogP) is 4.22. The van der Waals surface area contributed by atoms with E-state index in [0.29, 0.717) is 37.5 Å². The maximum Gasteiger partial charge on any atom is 0.226 e. The van der Waals surface area contributed by atoms with Gasteiger partial charge in [0, 0.05) is 43.2 Å². The minimum atomic E-state index is 0.0603. The second-order valence-electron chi connectivity index (χ2n) is 7.00. The van der Waals surface area contributed by atoms with Crippen LogP contribution in [-0.2, 0) is 17.8 Å². The molecule has 0 bridgehead atoms. The molecule has 0 fully saturated rings. The molecule has 0 saturated heterocycles. The van der Waals surface area contributed by atoms with Gasteiger partial charge in [0.05, 0.1) is 0 Å². The first-order valence-corrected chi connectivity index (χ1v) is 9.98. The van der Waals surface area contributed by atoms with Crippen molar-refractivity contribution in [3.8, 4) is 11.4 Å². The molecule has 0 saturated carbocycles. The first-order valence-electron chi connectivity index (χ1n) is 9.98. The summed E-state index contributed by atoms with van der Waals surface area (Å²) in [4.78, 5) is 16.4. The quantitative estimate of drug-likeness (QED) is 0.436. The maximum absolute atomic E-state index is 12.0. The predicted molar refractivity (Wildman–Crippen MR) is 112 cm³/mol. The summed E-state index contributed by atoms with van der Waals surface area (Å²) in [6.07, 6.45) is 4.73. The molecule has 0 unspecified atom stereocenters. The van der Waals surface area contributed by atoms with Crippen LogP contribution in [0, 0.1) is 0 Å². The van der Waals surface area contributed by atoms with E-state index in [4.69, 9.17) is 4.52 Å². The highest BCUT2D eigenvalue weighted by molar-refractivity contribution is 5.79. The van der Waals surface area contributed by atoms with Crippen LogP contribution in [0.5, 0.6) is 0 Å². The van der Waals surface area contributed by atoms with Gasteiger partial charge in [-0.25, -0.2) is 0 Å². The molecule has 0 aliphatic carbocycles. The summed E-state index contributed by atoms with van der Waals surface area (Å²) >= 11 is 0. The maximum atomic E-state index is 12.0. The highest BCUT2D eigenvalue weighted by Crippen LogP contribution is 2.16. The molecule has 148 valence electrons. The standard InChI is InChI=1S/C23H24N4O2/c28-21(24-15-7-16-27-17-14-18-8-4-5-11-20(18)27)12-6-13-22-25-23(26-29-22)19-9-2-1-3-10-19/h1-5,8-11,14,17H,6-7,12-13,15-16H2,(H,24,28). The van der Waals surface area contributed by atoms with E-state index in [1.54, 1.807) is 0 Å². The number of hydrogen-bond acceptors (Lipinski definition) is 4. The average Bonchev–Trinajstić information content (AvgIpc) is 3.39. The number of aryl methyl sites for hydroxylation is 2. The molecule has 29 heavy (non-hydrogen) atoms. The zero-order chi connectivity index (χ0) is 19.9. The topological polar surface area (TPSA) is 72.9 Å². The number of rotatable bonds is 9. The number of carbonyl (C=O) groups excluding carboxylic acids is 1. The smallest absolute Gasteiger partial charge is 0.226 e. The van der Waals surface area contributed by atoms with Gasteiger partial charge in [0.1, 0.15) is 0 Å². The largest absolute Gasteiger partial charge is 0.356 e. The summed E-state index contributed by atoms with van der Waals surface area (Å²) in [7, 11) is 0. The van der Waals surface area contributed by atoms with Gasteiger partial charge < -0.3 is 14.4 Å². The molecule has 1 amide bonds. The normalized spacial score (nSPS) is 11.0. The Balaban J connectivity index is 1.15. The number of nitrogens with one attached hydrogen (secondary N) is 1. The van der Waals surface area contributed by atoms with Gasteiger partial charge in [0.25, 0.3) is 0 Å². The second-order valence-corrected chi connectivity index (χ2v) is 7.00. The second kappa shape index (κ2) is 9.19. The van der Waals surface area contributed by atoms with Gasteiger partial charge in [0.2, 0.25) is 17.6 Å². The van der Waals surface area contributed by atoms with E-state index < -0.39 is 0 Å². The molecule has 0 radical (unpaired) electrons. The molecule has 4 rings (SSSR count). The third-order valence-corrected chi connectivity index (χ3v) is 4.87. The van der Waals surface area contributed by atoms with Crippen LogP contribution >= 0.6 is 0 Å². The number of amides is 1. The van der Waals surface area contributed by atoms with E-state index in [1.165, 1.54) is 10.9 Å². The Bertz CT molecular complexity index is 1070. The van der Waals surface area contributed by atoms with Crippen LogP contribution in [0.3, 0.4) is 0 Å². The van der Waals surface area contributed by atoms with Crippen LogP contribution in [0.4, 0.5) is 0 Å². The molecule has 4 aromatic rings. The van der Waals surface area contributed by atoms with Gasteiger partial charge in [-0.3, -0.25) is 4.79 Å². The number of hydrogen-bond donors (Lipinski definition) is 1. The highest BCUT2D eigenvalue weighted by Gasteiger charge is 2.09. The van der Waals surface area contributed by atoms with E-state index in [9.17, 15) is 4.79 Å². The number of aromatic nitrogens is 3. The van der Waals surface area contributed by atoms with E-state index in [-0.39, 0.29) is 5.91 Å². The van der Waals surface area contributed by atoms with E-state index in [2.05, 4.69) is 44.4 Å². The summed E-state index contributed by atoms with van der Waals surface area (Å²) in [6.45, 7) is 1.56. The minimum absolute atomic E-state index is 0.0603. The fourth-order valence-electron chi connectivity index (χ4n) is 3.36. The Morgan fingerprint density at radius 2 is 1.83 bits per heavy atom. The van der Waals surface area contributed by atoms with Crippen LogP contribution < -0.4 is 5.32 Å². The molecule has 1 N–H and O–H groups in total. The average molecular weight is 388 g/mol. The van der Waals surface area contributed by atoms with Gasteiger partial charge in [-0.05, 0) is 30.4 Å². The number of nitrogens with zero attached hydrogens (tertiary/aromatic N) is 3. The van der Waals surface area contributed by atoms with Gasteiger partial charge in [0.15, 0.2) is 0 Å². The number of carbonyl (C=O) groups is 1. The van der Waals surface area contributed by atoms with Crippen molar-refractivity contribution in [1.82, 2.24) is 20.0 Å². The minimum Gasteiger partial charge on any atom is -0.356 e. The van der Waals surface area contributed by atoms with Crippen molar-refractivity contribution in [2.75, 3.05) is 6.54 Å². The SMILES string of the molecule is O=C(CCCc1nc(-c2ccccc2)no1)NCCCn1ccc2ccccc21. The molecule has 2 heterocycles. The fraction of sp³-hybridized carbons (Fsp3) is 0.261. The Kier molecular flexibility index (Phi) is 6.00. The van der Waals surface area contributed by atoms with Gasteiger partial charge in [-0.1, -0.05) is 53.7 Å². The van der Waals surface area contributed by atoms with Crippen molar-refractivity contribution in [1.29, 1.82) is 0 Å².